The summed E-state index contributed by atoms with van der Waals surface area (Å²) in [7, 11) is 1.53. The van der Waals surface area contributed by atoms with Crippen molar-refractivity contribution in [1.29, 1.82) is 0 Å². The molecular formula is C14H16ClNO3. The predicted octanol–water partition coefficient (Wildman–Crippen LogP) is 2.38. The van der Waals surface area contributed by atoms with Gasteiger partial charge in [-0.05, 0) is 30.9 Å². The van der Waals surface area contributed by atoms with Crippen LogP contribution in [0.5, 0.6) is 0 Å². The van der Waals surface area contributed by atoms with Crippen LogP contribution in [0.2, 0.25) is 5.02 Å². The van der Waals surface area contributed by atoms with Crippen molar-refractivity contribution in [1.82, 2.24) is 4.90 Å². The summed E-state index contributed by atoms with van der Waals surface area (Å²) in [5.74, 6) is -1.15. The molecule has 19 heavy (non-hydrogen) atoms. The zero-order chi connectivity index (χ0) is 14.2. The van der Waals surface area contributed by atoms with Crippen LogP contribution in [0.4, 0.5) is 0 Å². The van der Waals surface area contributed by atoms with Crippen LogP contribution in [0.15, 0.2) is 24.3 Å². The topological polar surface area (TPSA) is 57.6 Å². The third-order valence-corrected chi connectivity index (χ3v) is 4.04. The van der Waals surface area contributed by atoms with E-state index < -0.39 is 12.0 Å². The van der Waals surface area contributed by atoms with E-state index in [-0.39, 0.29) is 17.7 Å². The number of carboxylic acid groups (broad SMARTS) is 1. The molecule has 1 aromatic rings. The number of benzene rings is 1. The van der Waals surface area contributed by atoms with Crippen LogP contribution in [0, 0.1) is 5.92 Å². The molecule has 0 heterocycles. The van der Waals surface area contributed by atoms with E-state index >= 15 is 0 Å². The Morgan fingerprint density at radius 1 is 1.42 bits per heavy atom. The molecule has 5 heteroatoms. The second-order valence-electron chi connectivity index (χ2n) is 4.93. The number of likely N-dealkylation sites (N-methyl/N-ethyl adjacent to an activating group) is 1. The molecule has 0 radical (unpaired) electrons. The van der Waals surface area contributed by atoms with E-state index in [4.69, 9.17) is 16.7 Å². The lowest BCUT2D eigenvalue weighted by Gasteiger charge is -2.21. The number of carboxylic acids is 1. The maximum absolute atomic E-state index is 12.2. The van der Waals surface area contributed by atoms with Crippen LogP contribution in [0.1, 0.15) is 24.8 Å². The Bertz CT molecular complexity index is 517. The van der Waals surface area contributed by atoms with Crippen LogP contribution in [0.3, 0.4) is 0 Å². The number of nitrogens with zero attached hydrogens (tertiary/aromatic N) is 1. The number of aliphatic carboxylic acids is 1. The van der Waals surface area contributed by atoms with Gasteiger partial charge in [-0.1, -0.05) is 29.8 Å². The van der Waals surface area contributed by atoms with Gasteiger partial charge in [0.2, 0.25) is 5.91 Å². The average molecular weight is 282 g/mol. The number of rotatable bonds is 4. The maximum Gasteiger partial charge on any atom is 0.326 e. The molecule has 0 unspecified atom stereocenters. The van der Waals surface area contributed by atoms with Crippen molar-refractivity contribution < 1.29 is 14.7 Å². The van der Waals surface area contributed by atoms with E-state index in [1.165, 1.54) is 18.9 Å². The number of hydrogen-bond donors (Lipinski definition) is 1. The first-order chi connectivity index (χ1) is 8.93. The monoisotopic (exact) mass is 281 g/mol. The van der Waals surface area contributed by atoms with E-state index in [9.17, 15) is 9.59 Å². The van der Waals surface area contributed by atoms with Crippen molar-refractivity contribution in [2.24, 2.45) is 5.92 Å². The van der Waals surface area contributed by atoms with Gasteiger partial charge in [-0.15, -0.1) is 0 Å². The summed E-state index contributed by atoms with van der Waals surface area (Å²) >= 11 is 6.10. The molecule has 1 aliphatic rings. The number of amides is 1. The molecule has 2 rings (SSSR count). The summed E-state index contributed by atoms with van der Waals surface area (Å²) < 4.78 is 0. The highest BCUT2D eigenvalue weighted by atomic mass is 35.5. The molecule has 0 bridgehead atoms. The molecule has 1 saturated carbocycles. The third kappa shape index (κ3) is 2.73. The zero-order valence-electron chi connectivity index (χ0n) is 10.8. The minimum atomic E-state index is -0.995. The van der Waals surface area contributed by atoms with E-state index in [0.717, 1.165) is 12.0 Å². The molecule has 4 nitrogen and oxygen atoms in total. The first-order valence-corrected chi connectivity index (χ1v) is 6.55. The van der Waals surface area contributed by atoms with Crippen molar-refractivity contribution >= 4 is 23.5 Å². The van der Waals surface area contributed by atoms with Gasteiger partial charge in [0.15, 0.2) is 0 Å². The molecule has 0 saturated heterocycles. The number of halogens is 1. The Hall–Kier alpha value is -1.55. The second-order valence-corrected chi connectivity index (χ2v) is 5.34. The Morgan fingerprint density at radius 3 is 2.63 bits per heavy atom. The van der Waals surface area contributed by atoms with Gasteiger partial charge < -0.3 is 10.0 Å². The van der Waals surface area contributed by atoms with Gasteiger partial charge in [0, 0.05) is 18.0 Å². The highest BCUT2D eigenvalue weighted by molar-refractivity contribution is 6.31. The van der Waals surface area contributed by atoms with Crippen molar-refractivity contribution in [2.45, 2.75) is 25.3 Å². The zero-order valence-corrected chi connectivity index (χ0v) is 11.6. The fraction of sp³-hybridized carbons (Fsp3) is 0.429. The molecule has 1 aromatic carbocycles. The highest BCUT2D eigenvalue weighted by Crippen LogP contribution is 2.50. The predicted molar refractivity (Wildman–Crippen MR) is 72.2 cm³/mol. The first-order valence-electron chi connectivity index (χ1n) is 6.17. The fourth-order valence-electron chi connectivity index (χ4n) is 2.21. The Labute approximate surface area is 117 Å². The first kappa shape index (κ1) is 13.9. The number of hydrogen-bond acceptors (Lipinski definition) is 2. The van der Waals surface area contributed by atoms with Gasteiger partial charge in [0.25, 0.3) is 0 Å². The molecule has 1 fully saturated rings. The van der Waals surface area contributed by atoms with Crippen molar-refractivity contribution in [3.8, 4) is 0 Å². The SMILES string of the molecule is C[C@H](C(=O)O)N(C)C(=O)[C@@H]1C[C@H]1c1ccccc1Cl. The van der Waals surface area contributed by atoms with Gasteiger partial charge in [0.1, 0.15) is 6.04 Å². The lowest BCUT2D eigenvalue weighted by Crippen LogP contribution is -2.41. The van der Waals surface area contributed by atoms with Crippen molar-refractivity contribution in [3.63, 3.8) is 0 Å². The van der Waals surface area contributed by atoms with E-state index in [1.807, 2.05) is 18.2 Å². The third-order valence-electron chi connectivity index (χ3n) is 3.70. The summed E-state index contributed by atoms with van der Waals surface area (Å²) in [6, 6.07) is 6.66. The van der Waals surface area contributed by atoms with Gasteiger partial charge >= 0.3 is 5.97 Å². The fourth-order valence-corrected chi connectivity index (χ4v) is 2.48. The summed E-state index contributed by atoms with van der Waals surface area (Å²) in [6.07, 6.45) is 0.735. The summed E-state index contributed by atoms with van der Waals surface area (Å²) in [5, 5.41) is 9.58. The van der Waals surface area contributed by atoms with Gasteiger partial charge in [0.05, 0.1) is 0 Å². The molecule has 102 valence electrons. The molecule has 0 aromatic heterocycles. The van der Waals surface area contributed by atoms with E-state index in [2.05, 4.69) is 0 Å². The van der Waals surface area contributed by atoms with Crippen LogP contribution in [-0.2, 0) is 9.59 Å². The van der Waals surface area contributed by atoms with Gasteiger partial charge in [-0.25, -0.2) is 4.79 Å². The molecule has 1 aliphatic carbocycles. The molecule has 1 N–H and O–H groups in total. The quantitative estimate of drug-likeness (QED) is 0.922. The Kier molecular flexibility index (Phi) is 3.80. The van der Waals surface area contributed by atoms with Crippen LogP contribution >= 0.6 is 11.6 Å². The van der Waals surface area contributed by atoms with E-state index in [1.54, 1.807) is 6.07 Å². The normalized spacial score (nSPS) is 22.7. The van der Waals surface area contributed by atoms with Crippen LogP contribution < -0.4 is 0 Å². The van der Waals surface area contributed by atoms with Crippen molar-refractivity contribution in [2.75, 3.05) is 7.05 Å². The molecular weight excluding hydrogens is 266 g/mol. The largest absolute Gasteiger partial charge is 0.480 e. The standard InChI is InChI=1S/C14H16ClNO3/c1-8(14(18)19)16(2)13(17)11-7-10(11)9-5-3-4-6-12(9)15/h3-6,8,10-11H,7H2,1-2H3,(H,18,19)/t8-,10+,11-/m1/s1. The lowest BCUT2D eigenvalue weighted by molar-refractivity contribution is -0.148. The van der Waals surface area contributed by atoms with E-state index in [0.29, 0.717) is 5.02 Å². The number of carbonyl (C=O) groups excluding carboxylic acids is 1. The van der Waals surface area contributed by atoms with Crippen molar-refractivity contribution in [3.05, 3.63) is 34.9 Å². The molecule has 0 aliphatic heterocycles. The Balaban J connectivity index is 2.05. The Morgan fingerprint density at radius 2 is 2.05 bits per heavy atom. The summed E-state index contributed by atoms with van der Waals surface area (Å²) in [5.41, 5.74) is 0.971. The van der Waals surface area contributed by atoms with Crippen LogP contribution in [-0.4, -0.2) is 35.0 Å². The summed E-state index contributed by atoms with van der Waals surface area (Å²) in [4.78, 5) is 24.3. The second kappa shape index (κ2) is 5.21. The smallest absolute Gasteiger partial charge is 0.326 e. The number of carbonyl (C=O) groups is 2. The average Bonchev–Trinajstić information content (AvgIpc) is 3.16. The van der Waals surface area contributed by atoms with Crippen LogP contribution in [0.25, 0.3) is 0 Å². The molecule has 3 atom stereocenters. The minimum absolute atomic E-state index is 0.115. The van der Waals surface area contributed by atoms with Gasteiger partial charge in [-0.2, -0.15) is 0 Å². The minimum Gasteiger partial charge on any atom is -0.480 e. The summed E-state index contributed by atoms with van der Waals surface area (Å²) in [6.45, 7) is 1.51. The van der Waals surface area contributed by atoms with Gasteiger partial charge in [-0.3, -0.25) is 4.79 Å². The molecule has 0 spiro atoms. The maximum atomic E-state index is 12.2. The molecule has 1 amide bonds. The lowest BCUT2D eigenvalue weighted by atomic mass is 10.1. The highest BCUT2D eigenvalue weighted by Gasteiger charge is 2.46.